The van der Waals surface area contributed by atoms with E-state index in [-0.39, 0.29) is 47.1 Å². The molecule has 2 fully saturated rings. The Labute approximate surface area is 212 Å². The number of aromatic nitrogens is 1. The second kappa shape index (κ2) is 10.4. The molecule has 2 aliphatic heterocycles. The number of ether oxygens (including phenoxy) is 1. The van der Waals surface area contributed by atoms with Crippen LogP contribution in [-0.4, -0.2) is 45.1 Å². The van der Waals surface area contributed by atoms with Gasteiger partial charge < -0.3 is 25.4 Å². The van der Waals surface area contributed by atoms with E-state index in [9.17, 15) is 23.5 Å². The molecular weight excluding hydrogens is 482 g/mol. The number of hydrogen-bond acceptors (Lipinski definition) is 5. The zero-order valence-electron chi connectivity index (χ0n) is 19.9. The van der Waals surface area contributed by atoms with Crippen LogP contribution in [0.1, 0.15) is 41.6 Å². The highest BCUT2D eigenvalue weighted by molar-refractivity contribution is 5.96. The second-order valence-electron chi connectivity index (χ2n) is 9.32. The van der Waals surface area contributed by atoms with Crippen LogP contribution in [0.25, 0.3) is 0 Å². The fraction of sp³-hybridized carbons (Fsp3) is 0.296. The van der Waals surface area contributed by atoms with Crippen LogP contribution in [-0.2, 0) is 6.54 Å². The summed E-state index contributed by atoms with van der Waals surface area (Å²) in [7, 11) is 0. The monoisotopic (exact) mass is 508 g/mol. The average molecular weight is 509 g/mol. The first-order valence-corrected chi connectivity index (χ1v) is 12.1. The largest absolute Gasteiger partial charge is 0.508 e. The van der Waals surface area contributed by atoms with E-state index in [1.807, 2.05) is 4.90 Å². The smallest absolute Gasteiger partial charge is 0.318 e. The van der Waals surface area contributed by atoms with Gasteiger partial charge in [0.15, 0.2) is 0 Å². The lowest BCUT2D eigenvalue weighted by Crippen LogP contribution is -2.54. The number of aromatic hydroxyl groups is 1. The topological polar surface area (TPSA) is 104 Å². The van der Waals surface area contributed by atoms with Gasteiger partial charge in [-0.05, 0) is 73.7 Å². The Kier molecular flexibility index (Phi) is 6.89. The molecule has 5 rings (SSSR count). The molecule has 8 nitrogen and oxygen atoms in total. The molecule has 3 aromatic rings. The van der Waals surface area contributed by atoms with Crippen molar-refractivity contribution in [3.63, 3.8) is 0 Å². The highest BCUT2D eigenvalue weighted by Crippen LogP contribution is 2.36. The maximum atomic E-state index is 14.0. The number of nitrogens with one attached hydrogen (secondary N) is 2. The van der Waals surface area contributed by atoms with Crippen LogP contribution in [0.5, 0.6) is 17.4 Å². The van der Waals surface area contributed by atoms with Crippen LogP contribution in [0.4, 0.5) is 13.6 Å². The number of amides is 3. The fourth-order valence-electron chi connectivity index (χ4n) is 5.06. The maximum absolute atomic E-state index is 14.0. The van der Waals surface area contributed by atoms with Gasteiger partial charge in [0.2, 0.25) is 5.88 Å². The minimum Gasteiger partial charge on any atom is -0.508 e. The van der Waals surface area contributed by atoms with Gasteiger partial charge in [0.25, 0.3) is 5.91 Å². The van der Waals surface area contributed by atoms with Crippen molar-refractivity contribution in [2.24, 2.45) is 0 Å². The molecule has 37 heavy (non-hydrogen) atoms. The van der Waals surface area contributed by atoms with Crippen LogP contribution < -0.4 is 15.4 Å². The van der Waals surface area contributed by atoms with Crippen LogP contribution in [0.3, 0.4) is 0 Å². The average Bonchev–Trinajstić information content (AvgIpc) is 3.16. The van der Waals surface area contributed by atoms with E-state index in [1.54, 1.807) is 24.3 Å². The summed E-state index contributed by atoms with van der Waals surface area (Å²) in [5.74, 6) is -1.30. The molecule has 192 valence electrons. The van der Waals surface area contributed by atoms with E-state index < -0.39 is 17.5 Å². The number of pyridine rings is 1. The number of piperidine rings is 1. The SMILES string of the molecule is O=C(NC1C[C@H]2CC[C@@H](C1)N2C(=O)NCc1ccc(O)cc1)c1cc(F)cnc1Oc1ccc(F)cc1. The zero-order valence-corrected chi connectivity index (χ0v) is 19.9. The molecule has 0 saturated carbocycles. The summed E-state index contributed by atoms with van der Waals surface area (Å²) in [4.78, 5) is 31.8. The molecule has 3 N–H and O–H groups in total. The molecule has 3 amide bonds. The molecule has 1 unspecified atom stereocenters. The van der Waals surface area contributed by atoms with Crippen molar-refractivity contribution in [3.8, 4) is 17.4 Å². The van der Waals surface area contributed by atoms with Crippen molar-refractivity contribution in [3.05, 3.63) is 83.6 Å². The summed E-state index contributed by atoms with van der Waals surface area (Å²) in [6, 6.07) is 12.5. The first-order valence-electron chi connectivity index (χ1n) is 12.1. The third-order valence-electron chi connectivity index (χ3n) is 6.77. The minimum absolute atomic E-state index is 0.0237. The summed E-state index contributed by atoms with van der Waals surface area (Å²) in [5, 5.41) is 15.3. The van der Waals surface area contributed by atoms with E-state index in [0.29, 0.717) is 19.4 Å². The number of benzene rings is 2. The highest BCUT2D eigenvalue weighted by atomic mass is 19.1. The van der Waals surface area contributed by atoms with Crippen molar-refractivity contribution in [2.45, 2.75) is 50.4 Å². The van der Waals surface area contributed by atoms with Gasteiger partial charge in [-0.3, -0.25) is 4.79 Å². The van der Waals surface area contributed by atoms with Gasteiger partial charge in [-0.15, -0.1) is 0 Å². The summed E-state index contributed by atoms with van der Waals surface area (Å²) in [5.41, 5.74) is 0.814. The number of phenols is 1. The first-order chi connectivity index (χ1) is 17.9. The summed E-state index contributed by atoms with van der Waals surface area (Å²) < 4.78 is 32.8. The third kappa shape index (κ3) is 5.63. The zero-order chi connectivity index (χ0) is 25.9. The van der Waals surface area contributed by atoms with Gasteiger partial charge in [-0.2, -0.15) is 0 Å². The second-order valence-corrected chi connectivity index (χ2v) is 9.32. The lowest BCUT2D eigenvalue weighted by molar-refractivity contribution is 0.0881. The highest BCUT2D eigenvalue weighted by Gasteiger charge is 2.43. The predicted octanol–water partition coefficient (Wildman–Crippen LogP) is 4.49. The molecule has 2 bridgehead atoms. The number of fused-ring (bicyclic) bond motifs is 2. The van der Waals surface area contributed by atoms with Crippen LogP contribution >= 0.6 is 0 Å². The first kappa shape index (κ1) is 24.5. The van der Waals surface area contributed by atoms with Crippen molar-refractivity contribution in [2.75, 3.05) is 0 Å². The Morgan fingerprint density at radius 1 is 1.00 bits per heavy atom. The Bertz CT molecular complexity index is 1270. The number of carbonyl (C=O) groups is 2. The summed E-state index contributed by atoms with van der Waals surface area (Å²) in [6.45, 7) is 0.346. The predicted molar refractivity (Wildman–Crippen MR) is 130 cm³/mol. The Morgan fingerprint density at radius 3 is 2.35 bits per heavy atom. The molecular formula is C27H26F2N4O4. The maximum Gasteiger partial charge on any atom is 0.318 e. The van der Waals surface area contributed by atoms with E-state index in [1.165, 1.54) is 24.3 Å². The number of nitrogens with zero attached hydrogens (tertiary/aromatic N) is 2. The van der Waals surface area contributed by atoms with E-state index in [2.05, 4.69) is 15.6 Å². The number of halogens is 2. The molecule has 0 aliphatic carbocycles. The molecule has 2 aromatic carbocycles. The molecule has 2 saturated heterocycles. The number of hydrogen-bond donors (Lipinski definition) is 3. The normalized spacial score (nSPS) is 20.4. The van der Waals surface area contributed by atoms with Crippen molar-refractivity contribution in [1.29, 1.82) is 0 Å². The lowest BCUT2D eigenvalue weighted by Gasteiger charge is -2.39. The molecule has 3 atom stereocenters. The van der Waals surface area contributed by atoms with E-state index >= 15 is 0 Å². The minimum atomic E-state index is -0.684. The molecule has 0 radical (unpaired) electrons. The fourth-order valence-corrected chi connectivity index (χ4v) is 5.06. The molecule has 0 spiro atoms. The lowest BCUT2D eigenvalue weighted by atomic mass is 9.97. The Balaban J connectivity index is 1.21. The van der Waals surface area contributed by atoms with Gasteiger partial charge in [0.1, 0.15) is 28.7 Å². The van der Waals surface area contributed by atoms with Crippen LogP contribution in [0, 0.1) is 11.6 Å². The number of rotatable bonds is 6. The number of carbonyl (C=O) groups excluding carboxylic acids is 2. The van der Waals surface area contributed by atoms with E-state index in [4.69, 9.17) is 4.74 Å². The quantitative estimate of drug-likeness (QED) is 0.455. The van der Waals surface area contributed by atoms with Crippen LogP contribution in [0.2, 0.25) is 0 Å². The van der Waals surface area contributed by atoms with Crippen molar-refractivity contribution >= 4 is 11.9 Å². The molecule has 2 aliphatic rings. The molecule has 10 heteroatoms. The van der Waals surface area contributed by atoms with Gasteiger partial charge in [-0.25, -0.2) is 18.6 Å². The Morgan fingerprint density at radius 2 is 1.68 bits per heavy atom. The van der Waals surface area contributed by atoms with Crippen molar-refractivity contribution < 1.29 is 28.2 Å². The van der Waals surface area contributed by atoms with Gasteiger partial charge in [0, 0.05) is 24.7 Å². The van der Waals surface area contributed by atoms with E-state index in [0.717, 1.165) is 30.7 Å². The van der Waals surface area contributed by atoms with Crippen molar-refractivity contribution in [1.82, 2.24) is 20.5 Å². The standard InChI is InChI=1S/C27H26F2N4O4/c28-17-3-9-23(10-4-17)37-26-24(11-18(29)15-30-26)25(35)32-19-12-20-5-6-21(13-19)33(20)27(36)31-14-16-1-7-22(34)8-2-16/h1-4,7-11,15,19-21,34H,5-6,12-14H2,(H,31,36)(H,32,35)/t19?,20-,21+. The van der Waals surface area contributed by atoms with Gasteiger partial charge in [0.05, 0.1) is 6.20 Å². The van der Waals surface area contributed by atoms with Gasteiger partial charge in [-0.1, -0.05) is 12.1 Å². The third-order valence-corrected chi connectivity index (χ3v) is 6.77. The number of urea groups is 1. The van der Waals surface area contributed by atoms with Gasteiger partial charge >= 0.3 is 6.03 Å². The Hall–Kier alpha value is -4.21. The van der Waals surface area contributed by atoms with Crippen LogP contribution in [0.15, 0.2) is 60.8 Å². The molecule has 3 heterocycles. The summed E-state index contributed by atoms with van der Waals surface area (Å²) in [6.07, 6.45) is 3.77. The summed E-state index contributed by atoms with van der Waals surface area (Å²) >= 11 is 0. The number of phenolic OH excluding ortho intramolecular Hbond substituents is 1. The molecule has 1 aromatic heterocycles.